The van der Waals surface area contributed by atoms with Gasteiger partial charge in [0.2, 0.25) is 0 Å². The van der Waals surface area contributed by atoms with Gasteiger partial charge >= 0.3 is 220 Å². The molecule has 0 amide bonds. The Hall–Kier alpha value is -3.78. The van der Waals surface area contributed by atoms with Gasteiger partial charge in [0.15, 0.2) is 0 Å². The number of para-hydroxylation sites is 1. The molecular weight excluding hydrogens is 535 g/mol. The fourth-order valence-electron chi connectivity index (χ4n) is 4.01. The summed E-state index contributed by atoms with van der Waals surface area (Å²) >= 11 is -1.04. The van der Waals surface area contributed by atoms with Crippen LogP contribution >= 0.6 is 0 Å². The summed E-state index contributed by atoms with van der Waals surface area (Å²) in [5, 5.41) is 34.3. The molecule has 1 aliphatic rings. The van der Waals surface area contributed by atoms with Crippen LogP contribution in [0, 0.1) is 0 Å². The van der Waals surface area contributed by atoms with Crippen LogP contribution in [0.15, 0.2) is 83.2 Å². The van der Waals surface area contributed by atoms with E-state index in [-0.39, 0.29) is 16.1 Å². The van der Waals surface area contributed by atoms with Crippen molar-refractivity contribution in [3.63, 3.8) is 0 Å². The summed E-state index contributed by atoms with van der Waals surface area (Å²) in [7, 11) is 0. The normalized spacial score (nSPS) is 16.0. The molecule has 1 aromatic heterocycles. The number of nitrogens with one attached hydrogen (secondary N) is 1. The van der Waals surface area contributed by atoms with Gasteiger partial charge in [-0.05, 0) is 0 Å². The SMILES string of the molecule is O=C([As]C1=C(c2nn[nH]n2)Oc2ccccc2C1OCCCC(O)c1ccc(O)cc1)c1ccccc1. The van der Waals surface area contributed by atoms with Crippen molar-refractivity contribution in [3.8, 4) is 11.5 Å². The van der Waals surface area contributed by atoms with Crippen LogP contribution in [0.3, 0.4) is 0 Å². The van der Waals surface area contributed by atoms with E-state index in [0.717, 1.165) is 11.1 Å². The van der Waals surface area contributed by atoms with Gasteiger partial charge in [0.25, 0.3) is 0 Å². The predicted octanol–water partition coefficient (Wildman–Crippen LogP) is 3.78. The number of H-pyrrole nitrogens is 1. The number of nitrogens with zero attached hydrogens (tertiary/aromatic N) is 3. The number of phenols is 1. The molecule has 2 unspecified atom stereocenters. The number of aliphatic hydroxyl groups is 1. The van der Waals surface area contributed by atoms with Crippen molar-refractivity contribution < 1.29 is 24.5 Å². The number of carbonyl (C=O) groups excluding carboxylic acids is 1. The first-order chi connectivity index (χ1) is 18.1. The second-order valence-electron chi connectivity index (χ2n) is 8.37. The average molecular weight is 559 g/mol. The summed E-state index contributed by atoms with van der Waals surface area (Å²) in [6.07, 6.45) is -0.155. The number of aliphatic hydroxyl groups excluding tert-OH is 1. The third-order valence-corrected chi connectivity index (χ3v) is 8.26. The van der Waals surface area contributed by atoms with E-state index in [1.165, 1.54) is 0 Å². The number of phenolic OH excluding ortho intramolecular Hbond substituents is 1. The van der Waals surface area contributed by atoms with E-state index in [2.05, 4.69) is 20.6 Å². The number of carbonyl (C=O) groups is 1. The average Bonchev–Trinajstić information content (AvgIpc) is 3.47. The molecule has 0 saturated carbocycles. The van der Waals surface area contributed by atoms with Crippen molar-refractivity contribution in [3.05, 3.63) is 106 Å². The van der Waals surface area contributed by atoms with E-state index < -0.39 is 28.0 Å². The Morgan fingerprint density at radius 1 is 1.05 bits per heavy atom. The van der Waals surface area contributed by atoms with Crippen LogP contribution in [0.1, 0.15) is 52.4 Å². The summed E-state index contributed by atoms with van der Waals surface area (Å²) in [4.78, 5) is 13.3. The van der Waals surface area contributed by atoms with Crippen LogP contribution < -0.4 is 4.74 Å². The number of aromatic amines is 1. The van der Waals surface area contributed by atoms with Gasteiger partial charge in [-0.1, -0.05) is 0 Å². The van der Waals surface area contributed by atoms with E-state index in [1.54, 1.807) is 36.4 Å². The van der Waals surface area contributed by atoms with Crippen molar-refractivity contribution in [1.82, 2.24) is 20.6 Å². The Balaban J connectivity index is 1.39. The molecule has 187 valence electrons. The molecule has 0 fully saturated rings. The first-order valence-corrected chi connectivity index (χ1v) is 13.6. The van der Waals surface area contributed by atoms with Gasteiger partial charge in [-0.25, -0.2) is 0 Å². The molecule has 2 heterocycles. The Bertz CT molecular complexity index is 1380. The van der Waals surface area contributed by atoms with E-state index in [1.807, 2.05) is 42.5 Å². The standard InChI is InChI=1S/C27H24AsN4O5/c33-19-14-12-17(13-15-19)21(34)10-6-16-36-24-20-9-4-5-11-22(20)37-25(27-29-31-32-30-27)23(24)28-26(35)18-7-2-1-3-8-18/h1-5,7-9,11-15,21,24,33-34H,6,10,16H2,(H,29,30,31,32). The van der Waals surface area contributed by atoms with Crippen molar-refractivity contribution in [2.24, 2.45) is 0 Å². The topological polar surface area (TPSA) is 130 Å². The monoisotopic (exact) mass is 559 g/mol. The van der Waals surface area contributed by atoms with Crippen LogP contribution in [-0.4, -0.2) is 57.8 Å². The van der Waals surface area contributed by atoms with E-state index in [0.29, 0.717) is 40.9 Å². The molecule has 5 rings (SSSR count). The third kappa shape index (κ3) is 5.80. The maximum absolute atomic E-state index is 13.3. The number of fused-ring (bicyclic) bond motifs is 1. The molecule has 0 aliphatic carbocycles. The number of tetrazole rings is 1. The number of benzene rings is 3. The second kappa shape index (κ2) is 11.5. The van der Waals surface area contributed by atoms with Gasteiger partial charge in [0.05, 0.1) is 0 Å². The van der Waals surface area contributed by atoms with Crippen molar-refractivity contribution in [2.45, 2.75) is 25.0 Å². The van der Waals surface area contributed by atoms with Crippen LogP contribution in [0.2, 0.25) is 0 Å². The van der Waals surface area contributed by atoms with Crippen LogP contribution in [0.5, 0.6) is 11.5 Å². The zero-order valence-electron chi connectivity index (χ0n) is 19.7. The first-order valence-electron chi connectivity index (χ1n) is 11.7. The second-order valence-corrected chi connectivity index (χ2v) is 10.7. The van der Waals surface area contributed by atoms with Crippen molar-refractivity contribution in [1.29, 1.82) is 0 Å². The van der Waals surface area contributed by atoms with Gasteiger partial charge in [-0.3, -0.25) is 0 Å². The Labute approximate surface area is 219 Å². The summed E-state index contributed by atoms with van der Waals surface area (Å²) < 4.78 is 13.3. The predicted molar refractivity (Wildman–Crippen MR) is 136 cm³/mol. The molecule has 3 aromatic carbocycles. The number of aromatic hydroxyl groups is 1. The van der Waals surface area contributed by atoms with Crippen molar-refractivity contribution in [2.75, 3.05) is 6.61 Å². The zero-order chi connectivity index (χ0) is 25.6. The fourth-order valence-corrected chi connectivity index (χ4v) is 6.27. The molecule has 9 nitrogen and oxygen atoms in total. The van der Waals surface area contributed by atoms with Gasteiger partial charge in [-0.2, -0.15) is 0 Å². The molecule has 4 aromatic rings. The molecule has 0 saturated heterocycles. The molecule has 0 spiro atoms. The molecule has 0 bridgehead atoms. The number of ether oxygens (including phenoxy) is 2. The molecule has 3 N–H and O–H groups in total. The van der Waals surface area contributed by atoms with Gasteiger partial charge in [0.1, 0.15) is 0 Å². The quantitative estimate of drug-likeness (QED) is 0.198. The van der Waals surface area contributed by atoms with Crippen LogP contribution in [0.25, 0.3) is 5.76 Å². The van der Waals surface area contributed by atoms with Crippen LogP contribution in [0.4, 0.5) is 0 Å². The molecular formula is C27H24AsN4O5. The van der Waals surface area contributed by atoms with Gasteiger partial charge in [-0.15, -0.1) is 0 Å². The van der Waals surface area contributed by atoms with E-state index >= 15 is 0 Å². The summed E-state index contributed by atoms with van der Waals surface area (Å²) in [6.45, 7) is 0.345. The van der Waals surface area contributed by atoms with E-state index in [4.69, 9.17) is 9.47 Å². The molecule has 37 heavy (non-hydrogen) atoms. The minimum absolute atomic E-state index is 0.00665. The summed E-state index contributed by atoms with van der Waals surface area (Å²) in [6, 6.07) is 23.2. The first kappa shape index (κ1) is 24.9. The summed E-state index contributed by atoms with van der Waals surface area (Å²) in [5.74, 6) is 1.40. The van der Waals surface area contributed by atoms with E-state index in [9.17, 15) is 15.0 Å². The number of hydrogen-bond acceptors (Lipinski definition) is 8. The van der Waals surface area contributed by atoms with Gasteiger partial charge in [0, 0.05) is 0 Å². The molecule has 1 radical (unpaired) electrons. The Morgan fingerprint density at radius 3 is 2.57 bits per heavy atom. The summed E-state index contributed by atoms with van der Waals surface area (Å²) in [5.41, 5.74) is 2.17. The fraction of sp³-hybridized carbons (Fsp3) is 0.185. The van der Waals surface area contributed by atoms with Gasteiger partial charge < -0.3 is 0 Å². The van der Waals surface area contributed by atoms with Crippen molar-refractivity contribution >= 4 is 26.1 Å². The maximum atomic E-state index is 13.3. The number of aromatic nitrogens is 4. The number of rotatable bonds is 10. The molecule has 1 aliphatic heterocycles. The minimum atomic E-state index is -1.04. The number of hydrogen-bond donors (Lipinski definition) is 3. The van der Waals surface area contributed by atoms with Crippen LogP contribution in [-0.2, 0) is 4.74 Å². The third-order valence-electron chi connectivity index (χ3n) is 5.87. The molecule has 2 atom stereocenters. The Kier molecular flexibility index (Phi) is 7.75. The molecule has 10 heteroatoms. The Morgan fingerprint density at radius 2 is 1.81 bits per heavy atom. The zero-order valence-corrected chi connectivity index (χ0v) is 21.6.